The van der Waals surface area contributed by atoms with E-state index in [9.17, 15) is 14.7 Å². The molecule has 0 fully saturated rings. The molecule has 0 saturated heterocycles. The third-order valence-corrected chi connectivity index (χ3v) is 4.33. The minimum Gasteiger partial charge on any atom is -0.462 e. The molecule has 1 atom stereocenters. The number of β-amino-alcohol motifs (C(OH)–C–C–N with tert-alkyl or cyclic N) is 1. The van der Waals surface area contributed by atoms with Gasteiger partial charge >= 0.3 is 5.97 Å². The van der Waals surface area contributed by atoms with Gasteiger partial charge in [-0.1, -0.05) is 17.7 Å². The van der Waals surface area contributed by atoms with E-state index in [-0.39, 0.29) is 35.9 Å². The maximum atomic E-state index is 12.5. The van der Waals surface area contributed by atoms with Crippen LogP contribution in [0.15, 0.2) is 42.5 Å². The molecule has 7 nitrogen and oxygen atoms in total. The summed E-state index contributed by atoms with van der Waals surface area (Å²) >= 11 is 5.94. The van der Waals surface area contributed by atoms with E-state index in [0.717, 1.165) is 0 Å². The van der Waals surface area contributed by atoms with Crippen LogP contribution in [0.5, 0.6) is 5.75 Å². The number of esters is 1. The number of anilines is 1. The highest BCUT2D eigenvalue weighted by molar-refractivity contribution is 6.31. The quantitative estimate of drug-likeness (QED) is 0.412. The molecular formula is C23H29ClN2O5. The van der Waals surface area contributed by atoms with Crippen LogP contribution >= 0.6 is 11.6 Å². The Morgan fingerprint density at radius 3 is 2.42 bits per heavy atom. The van der Waals surface area contributed by atoms with Crippen LogP contribution in [0.25, 0.3) is 0 Å². The van der Waals surface area contributed by atoms with Crippen LogP contribution in [0.1, 0.15) is 55.3 Å². The first-order valence-electron chi connectivity index (χ1n) is 9.95. The normalized spacial score (nSPS) is 13.3. The Labute approximate surface area is 187 Å². The summed E-state index contributed by atoms with van der Waals surface area (Å²) in [7, 11) is 0. The monoisotopic (exact) mass is 448 g/mol. The van der Waals surface area contributed by atoms with Crippen molar-refractivity contribution >= 4 is 29.2 Å². The van der Waals surface area contributed by atoms with Gasteiger partial charge in [0, 0.05) is 28.7 Å². The molecule has 0 aliphatic rings. The number of benzene rings is 2. The van der Waals surface area contributed by atoms with Gasteiger partial charge in [-0.3, -0.25) is 4.79 Å². The van der Waals surface area contributed by atoms with Gasteiger partial charge in [0.1, 0.15) is 11.3 Å². The lowest BCUT2D eigenvalue weighted by Gasteiger charge is -2.30. The average Bonchev–Trinajstić information content (AvgIpc) is 2.67. The first kappa shape index (κ1) is 24.7. The van der Waals surface area contributed by atoms with Gasteiger partial charge < -0.3 is 25.2 Å². The van der Waals surface area contributed by atoms with Gasteiger partial charge in [-0.15, -0.1) is 0 Å². The Balaban J connectivity index is 2.27. The highest BCUT2D eigenvalue weighted by Crippen LogP contribution is 2.27. The smallest absolute Gasteiger partial charge is 0.341 e. The summed E-state index contributed by atoms with van der Waals surface area (Å²) in [5.74, 6) is -2.46. The summed E-state index contributed by atoms with van der Waals surface area (Å²) in [6.07, 6.45) is 0. The van der Waals surface area contributed by atoms with Crippen LogP contribution in [0.3, 0.4) is 0 Å². The molecule has 31 heavy (non-hydrogen) atoms. The van der Waals surface area contributed by atoms with Crippen molar-refractivity contribution in [2.24, 2.45) is 0 Å². The molecule has 1 unspecified atom stereocenters. The standard InChI is InChI=1S/C23H29ClN2O5/c1-6-30-21(28)18-13-17(26-20(27)15-8-7-9-16(24)12-15)10-11-19(18)31-23(5,29)14-25-22(2,3)4/h7-13,25,29H,6,14H2,1-5H3,(H,26,27). The maximum Gasteiger partial charge on any atom is 0.341 e. The van der Waals surface area contributed by atoms with Crippen molar-refractivity contribution in [2.75, 3.05) is 18.5 Å². The molecule has 8 heteroatoms. The summed E-state index contributed by atoms with van der Waals surface area (Å²) in [5.41, 5.74) is 0.600. The first-order chi connectivity index (χ1) is 14.4. The number of aliphatic hydroxyl groups is 1. The van der Waals surface area contributed by atoms with Crippen molar-refractivity contribution in [2.45, 2.75) is 45.9 Å². The molecule has 168 valence electrons. The van der Waals surface area contributed by atoms with Crippen molar-refractivity contribution in [3.63, 3.8) is 0 Å². The Morgan fingerprint density at radius 2 is 1.81 bits per heavy atom. The lowest BCUT2D eigenvalue weighted by atomic mass is 10.1. The van der Waals surface area contributed by atoms with Crippen molar-refractivity contribution in [3.05, 3.63) is 58.6 Å². The molecule has 0 aliphatic heterocycles. The second-order valence-corrected chi connectivity index (χ2v) is 8.71. The van der Waals surface area contributed by atoms with Gasteiger partial charge in [0.25, 0.3) is 5.91 Å². The van der Waals surface area contributed by atoms with Crippen molar-refractivity contribution in [1.29, 1.82) is 0 Å². The van der Waals surface area contributed by atoms with E-state index in [1.807, 2.05) is 20.8 Å². The Morgan fingerprint density at radius 1 is 1.10 bits per heavy atom. The molecule has 0 bridgehead atoms. The van der Waals surface area contributed by atoms with E-state index in [1.165, 1.54) is 19.1 Å². The third-order valence-electron chi connectivity index (χ3n) is 4.10. The lowest BCUT2D eigenvalue weighted by Crippen LogP contribution is -2.49. The van der Waals surface area contributed by atoms with Gasteiger partial charge in [-0.25, -0.2) is 4.79 Å². The Hall–Kier alpha value is -2.61. The SMILES string of the molecule is CCOC(=O)c1cc(NC(=O)c2cccc(Cl)c2)ccc1OC(C)(O)CNC(C)(C)C. The number of nitrogens with one attached hydrogen (secondary N) is 2. The predicted octanol–water partition coefficient (Wildman–Crippen LogP) is 4.24. The van der Waals surface area contributed by atoms with Crippen LogP contribution in [-0.2, 0) is 4.74 Å². The van der Waals surface area contributed by atoms with Crippen LogP contribution in [0.4, 0.5) is 5.69 Å². The fourth-order valence-electron chi connectivity index (χ4n) is 2.60. The topological polar surface area (TPSA) is 96.9 Å². The third kappa shape index (κ3) is 7.86. The molecule has 0 aliphatic carbocycles. The molecule has 0 heterocycles. The molecule has 2 aromatic carbocycles. The molecular weight excluding hydrogens is 420 g/mol. The van der Waals surface area contributed by atoms with Crippen LogP contribution in [-0.4, -0.2) is 41.5 Å². The molecule has 0 spiro atoms. The van der Waals surface area contributed by atoms with Crippen molar-refractivity contribution in [1.82, 2.24) is 5.32 Å². The molecule has 0 aromatic heterocycles. The van der Waals surface area contributed by atoms with Crippen LogP contribution < -0.4 is 15.4 Å². The number of carbonyl (C=O) groups excluding carboxylic acids is 2. The largest absolute Gasteiger partial charge is 0.462 e. The molecule has 2 rings (SSSR count). The number of hydrogen-bond donors (Lipinski definition) is 3. The van der Waals surface area contributed by atoms with Crippen molar-refractivity contribution in [3.8, 4) is 5.75 Å². The zero-order valence-corrected chi connectivity index (χ0v) is 19.2. The second-order valence-electron chi connectivity index (χ2n) is 8.28. The van der Waals surface area contributed by atoms with E-state index in [0.29, 0.717) is 16.3 Å². The van der Waals surface area contributed by atoms with E-state index in [1.54, 1.807) is 37.3 Å². The fourth-order valence-corrected chi connectivity index (χ4v) is 2.79. The number of hydrogen-bond acceptors (Lipinski definition) is 6. The molecule has 1 amide bonds. The van der Waals surface area contributed by atoms with Gasteiger partial charge in [0.15, 0.2) is 0 Å². The summed E-state index contributed by atoms with van der Waals surface area (Å²) < 4.78 is 10.8. The molecule has 2 aromatic rings. The average molecular weight is 449 g/mol. The van der Waals surface area contributed by atoms with Crippen LogP contribution in [0.2, 0.25) is 5.02 Å². The summed E-state index contributed by atoms with van der Waals surface area (Å²) in [5, 5.41) is 17.0. The lowest BCUT2D eigenvalue weighted by molar-refractivity contribution is -0.121. The number of halogens is 1. The van der Waals surface area contributed by atoms with Crippen molar-refractivity contribution < 1.29 is 24.2 Å². The first-order valence-corrected chi connectivity index (χ1v) is 10.3. The Kier molecular flexibility index (Phi) is 8.06. The van der Waals surface area contributed by atoms with E-state index in [2.05, 4.69) is 10.6 Å². The predicted molar refractivity (Wildman–Crippen MR) is 121 cm³/mol. The summed E-state index contributed by atoms with van der Waals surface area (Å²) in [6, 6.07) is 11.0. The number of carbonyl (C=O) groups is 2. The van der Waals surface area contributed by atoms with E-state index >= 15 is 0 Å². The number of rotatable bonds is 8. The highest BCUT2D eigenvalue weighted by Gasteiger charge is 2.27. The van der Waals surface area contributed by atoms with E-state index < -0.39 is 11.8 Å². The summed E-state index contributed by atoms with van der Waals surface area (Å²) in [4.78, 5) is 25.0. The van der Waals surface area contributed by atoms with E-state index in [4.69, 9.17) is 21.1 Å². The molecule has 3 N–H and O–H groups in total. The van der Waals surface area contributed by atoms with Gasteiger partial charge in [0.05, 0.1) is 13.2 Å². The maximum absolute atomic E-state index is 12.5. The van der Waals surface area contributed by atoms with Gasteiger partial charge in [0.2, 0.25) is 5.79 Å². The second kappa shape index (κ2) is 10.1. The zero-order chi connectivity index (χ0) is 23.2. The minimum absolute atomic E-state index is 0.0850. The molecule has 0 saturated carbocycles. The highest BCUT2D eigenvalue weighted by atomic mass is 35.5. The minimum atomic E-state index is -1.58. The fraction of sp³-hybridized carbons (Fsp3) is 0.391. The van der Waals surface area contributed by atoms with Gasteiger partial charge in [-0.05, 0) is 64.1 Å². The summed E-state index contributed by atoms with van der Waals surface area (Å²) in [6.45, 7) is 9.37. The Bertz CT molecular complexity index is 938. The number of ether oxygens (including phenoxy) is 2. The van der Waals surface area contributed by atoms with Crippen LogP contribution in [0, 0.1) is 0 Å². The molecule has 0 radical (unpaired) electrons. The zero-order valence-electron chi connectivity index (χ0n) is 18.4. The van der Waals surface area contributed by atoms with Gasteiger partial charge in [-0.2, -0.15) is 0 Å². The number of amides is 1.